The van der Waals surface area contributed by atoms with Gasteiger partial charge in [-0.3, -0.25) is 9.59 Å². The summed E-state index contributed by atoms with van der Waals surface area (Å²) in [7, 11) is 0. The molecule has 0 saturated carbocycles. The first-order chi connectivity index (χ1) is 11.0. The van der Waals surface area contributed by atoms with E-state index in [-0.39, 0.29) is 5.56 Å². The highest BCUT2D eigenvalue weighted by molar-refractivity contribution is 6.36. The van der Waals surface area contributed by atoms with Gasteiger partial charge in [0.25, 0.3) is 11.5 Å². The minimum absolute atomic E-state index is 0.0646. The van der Waals surface area contributed by atoms with Crippen molar-refractivity contribution in [2.45, 2.75) is 6.92 Å². The molecule has 0 aliphatic carbocycles. The van der Waals surface area contributed by atoms with E-state index in [0.29, 0.717) is 26.8 Å². The van der Waals surface area contributed by atoms with Gasteiger partial charge in [0.1, 0.15) is 5.56 Å². The number of fused-ring (bicyclic) bond motifs is 1. The molecule has 0 fully saturated rings. The first-order valence-corrected chi connectivity index (χ1v) is 7.61. The number of anilines is 1. The lowest BCUT2D eigenvalue weighted by Crippen LogP contribution is -2.25. The molecule has 1 heterocycles. The summed E-state index contributed by atoms with van der Waals surface area (Å²) in [5, 5.41) is 4.24. The molecule has 4 nitrogen and oxygen atoms in total. The monoisotopic (exact) mass is 346 g/mol. The zero-order valence-electron chi connectivity index (χ0n) is 12.1. The number of amides is 1. The van der Waals surface area contributed by atoms with Gasteiger partial charge >= 0.3 is 0 Å². The van der Waals surface area contributed by atoms with Gasteiger partial charge in [-0.15, -0.1) is 0 Å². The van der Waals surface area contributed by atoms with Crippen LogP contribution in [0.5, 0.6) is 0 Å². The Kier molecular flexibility index (Phi) is 4.11. The smallest absolute Gasteiger partial charge is 0.261 e. The predicted octanol–water partition coefficient (Wildman–Crippen LogP) is 4.40. The second-order valence-electron chi connectivity index (χ2n) is 5.08. The normalized spacial score (nSPS) is 10.7. The van der Waals surface area contributed by atoms with Crippen molar-refractivity contribution >= 4 is 45.7 Å². The lowest BCUT2D eigenvalue weighted by Gasteiger charge is -2.10. The van der Waals surface area contributed by atoms with E-state index in [0.717, 1.165) is 5.39 Å². The number of pyridine rings is 1. The van der Waals surface area contributed by atoms with Crippen molar-refractivity contribution in [3.8, 4) is 0 Å². The Bertz CT molecular complexity index is 980. The quantitative estimate of drug-likeness (QED) is 0.722. The number of aromatic amines is 1. The molecule has 3 aromatic rings. The molecule has 0 aliphatic rings. The number of halogens is 2. The van der Waals surface area contributed by atoms with Gasteiger partial charge < -0.3 is 10.3 Å². The van der Waals surface area contributed by atoms with E-state index in [1.807, 2.05) is 18.2 Å². The van der Waals surface area contributed by atoms with E-state index in [2.05, 4.69) is 10.3 Å². The molecule has 0 radical (unpaired) electrons. The van der Waals surface area contributed by atoms with Crippen LogP contribution >= 0.6 is 23.2 Å². The molecule has 0 bridgehead atoms. The minimum Gasteiger partial charge on any atom is -0.321 e. The van der Waals surface area contributed by atoms with Crippen LogP contribution in [0, 0.1) is 6.92 Å². The molecule has 6 heteroatoms. The van der Waals surface area contributed by atoms with E-state index in [1.54, 1.807) is 25.1 Å². The number of H-pyrrole nitrogens is 1. The van der Waals surface area contributed by atoms with Gasteiger partial charge in [0.05, 0.1) is 10.7 Å². The second-order valence-corrected chi connectivity index (χ2v) is 5.92. The van der Waals surface area contributed by atoms with Gasteiger partial charge in [-0.1, -0.05) is 41.4 Å². The van der Waals surface area contributed by atoms with Gasteiger partial charge in [-0.2, -0.15) is 0 Å². The van der Waals surface area contributed by atoms with Crippen LogP contribution in [0.2, 0.25) is 10.0 Å². The second kappa shape index (κ2) is 6.07. The number of para-hydroxylation sites is 1. The molecule has 1 aromatic heterocycles. The Hall–Kier alpha value is -2.30. The molecule has 116 valence electrons. The summed E-state index contributed by atoms with van der Waals surface area (Å²) >= 11 is 11.9. The number of hydrogen-bond donors (Lipinski definition) is 2. The van der Waals surface area contributed by atoms with Crippen LogP contribution in [0.15, 0.2) is 47.3 Å². The van der Waals surface area contributed by atoms with Crippen molar-refractivity contribution in [3.63, 3.8) is 0 Å². The molecular formula is C17H12Cl2N2O2. The van der Waals surface area contributed by atoms with Crippen molar-refractivity contribution in [1.82, 2.24) is 4.98 Å². The third-order valence-electron chi connectivity index (χ3n) is 3.59. The largest absolute Gasteiger partial charge is 0.321 e. The highest BCUT2D eigenvalue weighted by Gasteiger charge is 2.17. The molecule has 23 heavy (non-hydrogen) atoms. The van der Waals surface area contributed by atoms with Gasteiger partial charge in [0.15, 0.2) is 0 Å². The van der Waals surface area contributed by atoms with Gasteiger partial charge in [-0.05, 0) is 36.8 Å². The van der Waals surface area contributed by atoms with E-state index in [9.17, 15) is 9.59 Å². The van der Waals surface area contributed by atoms with E-state index in [4.69, 9.17) is 23.2 Å². The predicted molar refractivity (Wildman–Crippen MR) is 93.7 cm³/mol. The van der Waals surface area contributed by atoms with Crippen molar-refractivity contribution < 1.29 is 4.79 Å². The molecule has 2 N–H and O–H groups in total. The van der Waals surface area contributed by atoms with E-state index >= 15 is 0 Å². The Labute approximate surface area is 142 Å². The molecule has 0 unspecified atom stereocenters. The Morgan fingerprint density at radius 2 is 1.87 bits per heavy atom. The number of carbonyl (C=O) groups is 1. The number of aromatic nitrogens is 1. The summed E-state index contributed by atoms with van der Waals surface area (Å²) in [5.41, 5.74) is 1.33. The molecule has 1 amide bonds. The number of aryl methyl sites for hydroxylation is 1. The summed E-state index contributed by atoms with van der Waals surface area (Å²) in [4.78, 5) is 27.5. The van der Waals surface area contributed by atoms with Crippen LogP contribution in [0.3, 0.4) is 0 Å². The zero-order valence-corrected chi connectivity index (χ0v) is 13.6. The molecule has 0 saturated heterocycles. The summed E-state index contributed by atoms with van der Waals surface area (Å²) in [5.74, 6) is -0.515. The zero-order chi connectivity index (χ0) is 16.6. The maximum absolute atomic E-state index is 12.5. The van der Waals surface area contributed by atoms with Crippen LogP contribution in [-0.2, 0) is 0 Å². The standard InChI is InChI=1S/C17H12Cl2N2O2/c1-9-11-4-2-3-5-13(11)20-16(22)15(9)17(23)21-14-7-6-10(18)8-12(14)19/h2-8H,1H3,(H,20,22)(H,21,23). The van der Waals surface area contributed by atoms with Crippen molar-refractivity contribution in [2.24, 2.45) is 0 Å². The molecule has 0 aliphatic heterocycles. The summed E-state index contributed by atoms with van der Waals surface area (Å²) in [6, 6.07) is 12.0. The molecule has 3 rings (SSSR count). The van der Waals surface area contributed by atoms with Crippen molar-refractivity contribution in [1.29, 1.82) is 0 Å². The number of rotatable bonds is 2. The average molecular weight is 347 g/mol. The van der Waals surface area contributed by atoms with Crippen LogP contribution in [0.1, 0.15) is 15.9 Å². The highest BCUT2D eigenvalue weighted by atomic mass is 35.5. The minimum atomic E-state index is -0.515. The Morgan fingerprint density at radius 1 is 1.13 bits per heavy atom. The number of benzene rings is 2. The van der Waals surface area contributed by atoms with Gasteiger partial charge in [-0.25, -0.2) is 0 Å². The van der Waals surface area contributed by atoms with Crippen LogP contribution in [0.25, 0.3) is 10.9 Å². The van der Waals surface area contributed by atoms with E-state index in [1.165, 1.54) is 6.07 Å². The SMILES string of the molecule is Cc1c(C(=O)Nc2ccc(Cl)cc2Cl)c(=O)[nH]c2ccccc12. The van der Waals surface area contributed by atoms with Crippen molar-refractivity contribution in [3.05, 3.63) is 74.0 Å². The molecular weight excluding hydrogens is 335 g/mol. The highest BCUT2D eigenvalue weighted by Crippen LogP contribution is 2.26. The third kappa shape index (κ3) is 2.96. The fourth-order valence-corrected chi connectivity index (χ4v) is 2.91. The van der Waals surface area contributed by atoms with Crippen LogP contribution in [0.4, 0.5) is 5.69 Å². The Morgan fingerprint density at radius 3 is 2.61 bits per heavy atom. The summed E-state index contributed by atoms with van der Waals surface area (Å²) in [6.45, 7) is 1.75. The fourth-order valence-electron chi connectivity index (χ4n) is 2.46. The molecule has 2 aromatic carbocycles. The summed E-state index contributed by atoms with van der Waals surface area (Å²) < 4.78 is 0. The fraction of sp³-hybridized carbons (Fsp3) is 0.0588. The average Bonchev–Trinajstić information content (AvgIpc) is 2.50. The number of nitrogens with one attached hydrogen (secondary N) is 2. The maximum atomic E-state index is 12.5. The van der Waals surface area contributed by atoms with Crippen molar-refractivity contribution in [2.75, 3.05) is 5.32 Å². The van der Waals surface area contributed by atoms with Gasteiger partial charge in [0.2, 0.25) is 0 Å². The number of carbonyl (C=O) groups excluding carboxylic acids is 1. The lowest BCUT2D eigenvalue weighted by molar-refractivity contribution is 0.102. The summed E-state index contributed by atoms with van der Waals surface area (Å²) in [6.07, 6.45) is 0. The van der Waals surface area contributed by atoms with Crippen LogP contribution < -0.4 is 10.9 Å². The Balaban J connectivity index is 2.06. The lowest BCUT2D eigenvalue weighted by atomic mass is 10.0. The molecule has 0 atom stereocenters. The number of hydrogen-bond acceptors (Lipinski definition) is 2. The van der Waals surface area contributed by atoms with Crippen LogP contribution in [-0.4, -0.2) is 10.9 Å². The van der Waals surface area contributed by atoms with E-state index < -0.39 is 11.5 Å². The topological polar surface area (TPSA) is 62.0 Å². The first kappa shape index (κ1) is 15.6. The first-order valence-electron chi connectivity index (χ1n) is 6.85. The maximum Gasteiger partial charge on any atom is 0.261 e. The van der Waals surface area contributed by atoms with Gasteiger partial charge in [0, 0.05) is 15.9 Å². The molecule has 0 spiro atoms. The third-order valence-corrected chi connectivity index (χ3v) is 4.14.